The summed E-state index contributed by atoms with van der Waals surface area (Å²) in [6.07, 6.45) is 6.21. The van der Waals surface area contributed by atoms with E-state index in [1.807, 2.05) is 0 Å². The minimum atomic E-state index is 0.174. The van der Waals surface area contributed by atoms with Crippen LogP contribution in [0.25, 0.3) is 0 Å². The van der Waals surface area contributed by atoms with Crippen LogP contribution in [0.5, 0.6) is 0 Å². The molecule has 0 bridgehead atoms. The van der Waals surface area contributed by atoms with Crippen molar-refractivity contribution in [2.75, 3.05) is 13.1 Å². The molecule has 1 amide bonds. The molecule has 0 spiro atoms. The van der Waals surface area contributed by atoms with E-state index in [1.54, 1.807) is 0 Å². The van der Waals surface area contributed by atoms with Gasteiger partial charge in [-0.05, 0) is 25.8 Å². The summed E-state index contributed by atoms with van der Waals surface area (Å²) in [4.78, 5) is 12.0. The summed E-state index contributed by atoms with van der Waals surface area (Å²) in [6.45, 7) is 8.31. The summed E-state index contributed by atoms with van der Waals surface area (Å²) in [7, 11) is 0. The molecule has 0 saturated carbocycles. The zero-order chi connectivity index (χ0) is 12.7. The zero-order valence-electron chi connectivity index (χ0n) is 11.6. The van der Waals surface area contributed by atoms with Crippen molar-refractivity contribution in [1.82, 2.24) is 10.6 Å². The van der Waals surface area contributed by atoms with Crippen LogP contribution in [-0.4, -0.2) is 25.0 Å². The van der Waals surface area contributed by atoms with Crippen LogP contribution in [0.15, 0.2) is 0 Å². The van der Waals surface area contributed by atoms with Crippen LogP contribution in [-0.2, 0) is 4.79 Å². The minimum absolute atomic E-state index is 0.174. The second-order valence-corrected chi connectivity index (χ2v) is 5.50. The first-order valence-electron chi connectivity index (χ1n) is 7.16. The third-order valence-corrected chi connectivity index (χ3v) is 3.73. The number of nitrogens with one attached hydrogen (secondary N) is 2. The summed E-state index contributed by atoms with van der Waals surface area (Å²) in [5.74, 6) is 0.890. The summed E-state index contributed by atoms with van der Waals surface area (Å²) in [6, 6.07) is 0.326. The molecule has 1 unspecified atom stereocenters. The van der Waals surface area contributed by atoms with E-state index in [1.165, 1.54) is 25.7 Å². The number of carbonyl (C=O) groups excluding carboxylic acids is 1. The van der Waals surface area contributed by atoms with Gasteiger partial charge >= 0.3 is 0 Å². The molecule has 0 aromatic heterocycles. The maximum absolute atomic E-state index is 12.0. The average Bonchev–Trinajstić information content (AvgIpc) is 2.71. The maximum atomic E-state index is 12.0. The molecule has 17 heavy (non-hydrogen) atoms. The first kappa shape index (κ1) is 14.5. The van der Waals surface area contributed by atoms with E-state index in [2.05, 4.69) is 31.4 Å². The number of amides is 1. The van der Waals surface area contributed by atoms with Crippen LogP contribution < -0.4 is 10.6 Å². The molecule has 1 heterocycles. The van der Waals surface area contributed by atoms with Crippen molar-refractivity contribution >= 4 is 5.91 Å². The second-order valence-electron chi connectivity index (χ2n) is 5.50. The van der Waals surface area contributed by atoms with Gasteiger partial charge in [-0.1, -0.05) is 39.5 Å². The van der Waals surface area contributed by atoms with Crippen molar-refractivity contribution in [3.8, 4) is 0 Å². The summed E-state index contributed by atoms with van der Waals surface area (Å²) in [5, 5.41) is 6.43. The van der Waals surface area contributed by atoms with Crippen LogP contribution in [0.2, 0.25) is 0 Å². The lowest BCUT2D eigenvalue weighted by Crippen LogP contribution is -2.39. The first-order valence-corrected chi connectivity index (χ1v) is 7.16. The number of hydrogen-bond donors (Lipinski definition) is 2. The van der Waals surface area contributed by atoms with Crippen LogP contribution >= 0.6 is 0 Å². The van der Waals surface area contributed by atoms with Gasteiger partial charge in [0, 0.05) is 12.6 Å². The smallest absolute Gasteiger partial charge is 0.224 e. The number of hydrogen-bond acceptors (Lipinski definition) is 2. The monoisotopic (exact) mass is 240 g/mol. The lowest BCUT2D eigenvalue weighted by molar-refractivity contribution is -0.126. The Morgan fingerprint density at radius 1 is 1.35 bits per heavy atom. The fraction of sp³-hybridized carbons (Fsp3) is 0.929. The molecule has 1 saturated heterocycles. The molecule has 0 aromatic rings. The molecular weight excluding hydrogens is 212 g/mol. The SMILES string of the molecule is CCCCCCC(C)NC(=O)[C@@H]1CNC[C@H]1C. The summed E-state index contributed by atoms with van der Waals surface area (Å²) < 4.78 is 0. The van der Waals surface area contributed by atoms with Crippen molar-refractivity contribution in [3.63, 3.8) is 0 Å². The molecule has 3 heteroatoms. The predicted molar refractivity (Wildman–Crippen MR) is 71.9 cm³/mol. The van der Waals surface area contributed by atoms with Gasteiger partial charge in [0.25, 0.3) is 0 Å². The van der Waals surface area contributed by atoms with E-state index in [4.69, 9.17) is 0 Å². The van der Waals surface area contributed by atoms with Crippen molar-refractivity contribution in [3.05, 3.63) is 0 Å². The predicted octanol–water partition coefficient (Wildman–Crippen LogP) is 2.32. The van der Waals surface area contributed by atoms with Crippen molar-refractivity contribution in [1.29, 1.82) is 0 Å². The standard InChI is InChI=1S/C14H28N2O/c1-4-5-6-7-8-12(3)16-14(17)13-10-15-9-11(13)2/h11-13,15H,4-10H2,1-3H3,(H,16,17)/t11-,12?,13-/m1/s1. The van der Waals surface area contributed by atoms with Gasteiger partial charge in [-0.15, -0.1) is 0 Å². The Labute approximate surface area is 106 Å². The van der Waals surface area contributed by atoms with Gasteiger partial charge < -0.3 is 10.6 Å². The molecule has 1 aliphatic heterocycles. The van der Waals surface area contributed by atoms with Gasteiger partial charge in [-0.25, -0.2) is 0 Å². The molecule has 0 aromatic carbocycles. The van der Waals surface area contributed by atoms with E-state index >= 15 is 0 Å². The molecule has 1 fully saturated rings. The van der Waals surface area contributed by atoms with Gasteiger partial charge in [0.05, 0.1) is 5.92 Å². The Morgan fingerprint density at radius 3 is 2.71 bits per heavy atom. The van der Waals surface area contributed by atoms with Crippen LogP contribution in [0.3, 0.4) is 0 Å². The minimum Gasteiger partial charge on any atom is -0.353 e. The Morgan fingerprint density at radius 2 is 2.12 bits per heavy atom. The van der Waals surface area contributed by atoms with Crippen LogP contribution in [0.1, 0.15) is 52.9 Å². The van der Waals surface area contributed by atoms with E-state index in [0.29, 0.717) is 12.0 Å². The third kappa shape index (κ3) is 5.07. The van der Waals surface area contributed by atoms with Crippen molar-refractivity contribution in [2.45, 2.75) is 58.9 Å². The molecule has 3 atom stereocenters. The Balaban J connectivity index is 2.16. The largest absolute Gasteiger partial charge is 0.353 e. The van der Waals surface area contributed by atoms with Gasteiger partial charge in [-0.2, -0.15) is 0 Å². The van der Waals surface area contributed by atoms with E-state index in [0.717, 1.165) is 19.5 Å². The van der Waals surface area contributed by atoms with E-state index < -0.39 is 0 Å². The Kier molecular flexibility index (Phi) is 6.56. The van der Waals surface area contributed by atoms with Gasteiger partial charge in [0.1, 0.15) is 0 Å². The molecule has 1 rings (SSSR count). The molecule has 2 N–H and O–H groups in total. The third-order valence-electron chi connectivity index (χ3n) is 3.73. The fourth-order valence-corrected chi connectivity index (χ4v) is 2.46. The topological polar surface area (TPSA) is 41.1 Å². The average molecular weight is 240 g/mol. The molecular formula is C14H28N2O. The van der Waals surface area contributed by atoms with Gasteiger partial charge in [-0.3, -0.25) is 4.79 Å². The normalized spacial score (nSPS) is 25.8. The number of unbranched alkanes of at least 4 members (excludes halogenated alkanes) is 3. The van der Waals surface area contributed by atoms with Crippen LogP contribution in [0, 0.1) is 11.8 Å². The number of carbonyl (C=O) groups is 1. The highest BCUT2D eigenvalue weighted by Crippen LogP contribution is 2.16. The highest BCUT2D eigenvalue weighted by atomic mass is 16.2. The van der Waals surface area contributed by atoms with Crippen molar-refractivity contribution in [2.24, 2.45) is 11.8 Å². The highest BCUT2D eigenvalue weighted by Gasteiger charge is 2.29. The highest BCUT2D eigenvalue weighted by molar-refractivity contribution is 5.79. The molecule has 3 nitrogen and oxygen atoms in total. The van der Waals surface area contributed by atoms with E-state index in [9.17, 15) is 4.79 Å². The zero-order valence-corrected chi connectivity index (χ0v) is 11.6. The van der Waals surface area contributed by atoms with E-state index in [-0.39, 0.29) is 11.8 Å². The molecule has 0 radical (unpaired) electrons. The summed E-state index contributed by atoms with van der Waals surface area (Å²) in [5.41, 5.74) is 0. The molecule has 100 valence electrons. The lowest BCUT2D eigenvalue weighted by Gasteiger charge is -2.19. The van der Waals surface area contributed by atoms with Gasteiger partial charge in [0.15, 0.2) is 0 Å². The Hall–Kier alpha value is -0.570. The summed E-state index contributed by atoms with van der Waals surface area (Å²) >= 11 is 0. The van der Waals surface area contributed by atoms with Crippen LogP contribution in [0.4, 0.5) is 0 Å². The fourth-order valence-electron chi connectivity index (χ4n) is 2.46. The Bertz CT molecular complexity index is 230. The second kappa shape index (κ2) is 7.70. The first-order chi connectivity index (χ1) is 8.15. The maximum Gasteiger partial charge on any atom is 0.224 e. The van der Waals surface area contributed by atoms with Crippen molar-refractivity contribution < 1.29 is 4.79 Å². The quantitative estimate of drug-likeness (QED) is 0.671. The molecule has 1 aliphatic rings. The number of rotatable bonds is 7. The lowest BCUT2D eigenvalue weighted by atomic mass is 9.96. The van der Waals surface area contributed by atoms with Gasteiger partial charge in [0.2, 0.25) is 5.91 Å². The molecule has 0 aliphatic carbocycles.